The Bertz CT molecular complexity index is 760. The zero-order chi connectivity index (χ0) is 19.9. The molecule has 160 valence electrons. The summed E-state index contributed by atoms with van der Waals surface area (Å²) in [5.74, 6) is 1.69. The van der Waals surface area contributed by atoms with Crippen LogP contribution >= 0.6 is 35.3 Å². The molecular formula is C22H34IN5S. The highest BCUT2D eigenvalue weighted by Crippen LogP contribution is 2.18. The summed E-state index contributed by atoms with van der Waals surface area (Å²) in [4.78, 5) is 12.7. The SMILES string of the molecule is CN=C(NCc1ccc(CN2CCC(C)CC2)cc1)NCc1nc(C)c(C)s1.I. The molecule has 5 nitrogen and oxygen atoms in total. The van der Waals surface area contributed by atoms with Crippen molar-refractivity contribution in [3.8, 4) is 0 Å². The Balaban J connectivity index is 0.00000300. The van der Waals surface area contributed by atoms with Crippen LogP contribution in [-0.4, -0.2) is 36.0 Å². The fraction of sp³-hybridized carbons (Fsp3) is 0.545. The number of nitrogens with one attached hydrogen (secondary N) is 2. The topological polar surface area (TPSA) is 52.6 Å². The molecule has 0 amide bonds. The molecule has 0 radical (unpaired) electrons. The van der Waals surface area contributed by atoms with Crippen LogP contribution in [0, 0.1) is 19.8 Å². The van der Waals surface area contributed by atoms with Crippen LogP contribution in [-0.2, 0) is 19.6 Å². The first kappa shape index (κ1) is 24.1. The maximum atomic E-state index is 4.57. The van der Waals surface area contributed by atoms with Gasteiger partial charge in [-0.1, -0.05) is 31.2 Å². The number of halogens is 1. The van der Waals surface area contributed by atoms with Gasteiger partial charge >= 0.3 is 0 Å². The molecule has 2 aromatic rings. The van der Waals surface area contributed by atoms with Gasteiger partial charge in [-0.2, -0.15) is 0 Å². The molecule has 2 heterocycles. The van der Waals surface area contributed by atoms with Crippen LogP contribution in [0.4, 0.5) is 0 Å². The number of piperidine rings is 1. The Morgan fingerprint density at radius 2 is 1.72 bits per heavy atom. The summed E-state index contributed by atoms with van der Waals surface area (Å²) in [6.45, 7) is 11.5. The van der Waals surface area contributed by atoms with E-state index in [9.17, 15) is 0 Å². The molecule has 2 N–H and O–H groups in total. The molecule has 1 saturated heterocycles. The van der Waals surface area contributed by atoms with Gasteiger partial charge in [0.15, 0.2) is 5.96 Å². The third kappa shape index (κ3) is 7.53. The van der Waals surface area contributed by atoms with E-state index in [2.05, 4.69) is 70.5 Å². The van der Waals surface area contributed by atoms with Crippen molar-refractivity contribution in [3.05, 3.63) is 51.0 Å². The van der Waals surface area contributed by atoms with Gasteiger partial charge in [-0.3, -0.25) is 9.89 Å². The lowest BCUT2D eigenvalue weighted by Crippen LogP contribution is -2.36. The van der Waals surface area contributed by atoms with Crippen LogP contribution in [0.2, 0.25) is 0 Å². The van der Waals surface area contributed by atoms with E-state index in [-0.39, 0.29) is 24.0 Å². The Morgan fingerprint density at radius 1 is 1.10 bits per heavy atom. The highest BCUT2D eigenvalue weighted by Gasteiger charge is 2.15. The van der Waals surface area contributed by atoms with Crippen molar-refractivity contribution in [2.24, 2.45) is 10.9 Å². The molecule has 1 fully saturated rings. The first-order chi connectivity index (χ1) is 13.5. The average molecular weight is 528 g/mol. The van der Waals surface area contributed by atoms with E-state index in [0.717, 1.165) is 35.7 Å². The summed E-state index contributed by atoms with van der Waals surface area (Å²) in [5.41, 5.74) is 3.78. The number of thiazole rings is 1. The molecule has 0 saturated carbocycles. The van der Waals surface area contributed by atoms with Crippen LogP contribution in [0.5, 0.6) is 0 Å². The zero-order valence-electron chi connectivity index (χ0n) is 18.0. The minimum absolute atomic E-state index is 0. The first-order valence-electron chi connectivity index (χ1n) is 10.2. The first-order valence-corrected chi connectivity index (χ1v) is 11.0. The van der Waals surface area contributed by atoms with Crippen molar-refractivity contribution < 1.29 is 0 Å². The normalized spacial score (nSPS) is 15.8. The third-order valence-corrected chi connectivity index (χ3v) is 6.54. The maximum Gasteiger partial charge on any atom is 0.191 e. The lowest BCUT2D eigenvalue weighted by atomic mass is 9.99. The number of aryl methyl sites for hydroxylation is 2. The standard InChI is InChI=1S/C22H33N5S.HI/c1-16-9-11-27(12-10-16)15-20-7-5-19(6-8-20)13-24-22(23-4)25-14-21-26-17(2)18(3)28-21;/h5-8,16H,9-15H2,1-4H3,(H2,23,24,25);1H. The summed E-state index contributed by atoms with van der Waals surface area (Å²) in [7, 11) is 1.80. The Labute approximate surface area is 196 Å². The van der Waals surface area contributed by atoms with E-state index in [1.165, 1.54) is 41.9 Å². The second-order valence-electron chi connectivity index (χ2n) is 7.80. The van der Waals surface area contributed by atoms with E-state index >= 15 is 0 Å². The number of aliphatic imine (C=N–C) groups is 1. The second-order valence-corrected chi connectivity index (χ2v) is 9.09. The lowest BCUT2D eigenvalue weighted by Gasteiger charge is -2.30. The number of rotatable bonds is 6. The molecule has 0 bridgehead atoms. The van der Waals surface area contributed by atoms with Crippen molar-refractivity contribution in [1.29, 1.82) is 0 Å². The van der Waals surface area contributed by atoms with Crippen molar-refractivity contribution in [2.75, 3.05) is 20.1 Å². The van der Waals surface area contributed by atoms with Gasteiger partial charge in [0.2, 0.25) is 0 Å². The largest absolute Gasteiger partial charge is 0.352 e. The molecule has 1 aromatic carbocycles. The lowest BCUT2D eigenvalue weighted by molar-refractivity contribution is 0.185. The molecule has 29 heavy (non-hydrogen) atoms. The number of guanidine groups is 1. The molecule has 7 heteroatoms. The van der Waals surface area contributed by atoms with Crippen molar-refractivity contribution in [1.82, 2.24) is 20.5 Å². The molecule has 0 atom stereocenters. The molecule has 1 aliphatic rings. The minimum atomic E-state index is 0. The van der Waals surface area contributed by atoms with Crippen molar-refractivity contribution >= 4 is 41.3 Å². The molecular weight excluding hydrogens is 493 g/mol. The van der Waals surface area contributed by atoms with Gasteiger partial charge in [-0.15, -0.1) is 35.3 Å². The number of likely N-dealkylation sites (tertiary alicyclic amines) is 1. The van der Waals surface area contributed by atoms with E-state index in [1.54, 1.807) is 18.4 Å². The van der Waals surface area contributed by atoms with Gasteiger partial charge in [-0.05, 0) is 56.8 Å². The Hall–Kier alpha value is -1.19. The van der Waals surface area contributed by atoms with Crippen LogP contribution < -0.4 is 10.6 Å². The zero-order valence-corrected chi connectivity index (χ0v) is 21.1. The van der Waals surface area contributed by atoms with E-state index < -0.39 is 0 Å². The quantitative estimate of drug-likeness (QED) is 0.331. The van der Waals surface area contributed by atoms with Gasteiger partial charge in [0.25, 0.3) is 0 Å². The van der Waals surface area contributed by atoms with E-state index in [4.69, 9.17) is 0 Å². The summed E-state index contributed by atoms with van der Waals surface area (Å²) in [5, 5.41) is 7.83. The highest BCUT2D eigenvalue weighted by atomic mass is 127. The predicted molar refractivity (Wildman–Crippen MR) is 134 cm³/mol. The van der Waals surface area contributed by atoms with Crippen LogP contribution in [0.25, 0.3) is 0 Å². The van der Waals surface area contributed by atoms with Crippen molar-refractivity contribution in [2.45, 2.75) is 53.2 Å². The van der Waals surface area contributed by atoms with Gasteiger partial charge in [0.1, 0.15) is 5.01 Å². The molecule has 1 aliphatic heterocycles. The summed E-state index contributed by atoms with van der Waals surface area (Å²) in [6, 6.07) is 8.95. The number of hydrogen-bond acceptors (Lipinski definition) is 4. The number of hydrogen-bond donors (Lipinski definition) is 2. The average Bonchev–Trinajstić information content (AvgIpc) is 3.02. The molecule has 0 spiro atoms. The monoisotopic (exact) mass is 527 g/mol. The van der Waals surface area contributed by atoms with E-state index in [1.807, 2.05) is 0 Å². The maximum absolute atomic E-state index is 4.57. The minimum Gasteiger partial charge on any atom is -0.352 e. The van der Waals surface area contributed by atoms with Gasteiger partial charge < -0.3 is 10.6 Å². The smallest absolute Gasteiger partial charge is 0.191 e. The predicted octanol–water partition coefficient (Wildman–Crippen LogP) is 4.48. The summed E-state index contributed by atoms with van der Waals surface area (Å²) < 4.78 is 0. The van der Waals surface area contributed by atoms with Gasteiger partial charge in [0.05, 0.1) is 12.2 Å². The number of benzene rings is 1. The number of aromatic nitrogens is 1. The fourth-order valence-electron chi connectivity index (χ4n) is 3.42. The third-order valence-electron chi connectivity index (χ3n) is 5.47. The van der Waals surface area contributed by atoms with Crippen LogP contribution in [0.15, 0.2) is 29.3 Å². The molecule has 1 aromatic heterocycles. The summed E-state index contributed by atoms with van der Waals surface area (Å²) >= 11 is 1.74. The number of nitrogens with zero attached hydrogens (tertiary/aromatic N) is 3. The van der Waals surface area contributed by atoms with Crippen LogP contribution in [0.3, 0.4) is 0 Å². The fourth-order valence-corrected chi connectivity index (χ4v) is 4.30. The summed E-state index contributed by atoms with van der Waals surface area (Å²) in [6.07, 6.45) is 2.66. The van der Waals surface area contributed by atoms with Gasteiger partial charge in [-0.25, -0.2) is 4.98 Å². The van der Waals surface area contributed by atoms with E-state index in [0.29, 0.717) is 6.54 Å². The molecule has 3 rings (SSSR count). The van der Waals surface area contributed by atoms with Crippen LogP contribution in [0.1, 0.15) is 46.5 Å². The molecule has 0 unspecified atom stereocenters. The van der Waals surface area contributed by atoms with Crippen molar-refractivity contribution in [3.63, 3.8) is 0 Å². The van der Waals surface area contributed by atoms with Gasteiger partial charge in [0, 0.05) is 25.0 Å². The Kier molecular flexibility index (Phi) is 9.85. The molecule has 0 aliphatic carbocycles. The highest BCUT2D eigenvalue weighted by molar-refractivity contribution is 14.0. The second kappa shape index (κ2) is 11.9. The Morgan fingerprint density at radius 3 is 2.31 bits per heavy atom.